The Bertz CT molecular complexity index is 338. The molecule has 74 valence electrons. The number of aliphatic hydroxyl groups excluding tert-OH is 1. The Labute approximate surface area is 83.8 Å². The first kappa shape index (κ1) is 10.4. The molecule has 1 heterocycles. The fraction of sp³-hybridized carbons (Fsp3) is 0.273. The second kappa shape index (κ2) is 5.17. The predicted molar refractivity (Wildman–Crippen MR) is 57.4 cm³/mol. The number of nitrogens with zero attached hydrogens (tertiary/aromatic N) is 2. The zero-order chi connectivity index (χ0) is 10.4. The predicted octanol–water partition coefficient (Wildman–Crippen LogP) is 2.50. The highest BCUT2D eigenvalue weighted by molar-refractivity contribution is 5.92. The highest BCUT2D eigenvalue weighted by Crippen LogP contribution is 1.97. The zero-order valence-electron chi connectivity index (χ0n) is 8.44. The molecule has 0 aliphatic rings. The van der Waals surface area contributed by atoms with Crippen LogP contribution >= 0.6 is 0 Å². The van der Waals surface area contributed by atoms with Crippen LogP contribution in [-0.2, 0) is 6.54 Å². The first-order valence-electron chi connectivity index (χ1n) is 4.46. The van der Waals surface area contributed by atoms with Crippen LogP contribution in [0.1, 0.15) is 19.5 Å². The molecule has 0 atom stereocenters. The van der Waals surface area contributed by atoms with E-state index in [0.29, 0.717) is 6.54 Å². The molecule has 0 bridgehead atoms. The third-order valence-electron chi connectivity index (χ3n) is 1.63. The lowest BCUT2D eigenvalue weighted by molar-refractivity contribution is 0.415. The van der Waals surface area contributed by atoms with Crippen molar-refractivity contribution in [3.05, 3.63) is 41.9 Å². The van der Waals surface area contributed by atoms with Gasteiger partial charge in [0.05, 0.1) is 18.0 Å². The van der Waals surface area contributed by atoms with E-state index in [-0.39, 0.29) is 5.76 Å². The van der Waals surface area contributed by atoms with Gasteiger partial charge >= 0.3 is 0 Å². The molecule has 3 nitrogen and oxygen atoms in total. The Kier molecular flexibility index (Phi) is 3.85. The maximum Gasteiger partial charge on any atom is 0.0909 e. The molecular weight excluding hydrogens is 176 g/mol. The third kappa shape index (κ3) is 3.85. The summed E-state index contributed by atoms with van der Waals surface area (Å²) in [7, 11) is 0. The molecule has 1 N–H and O–H groups in total. The van der Waals surface area contributed by atoms with Gasteiger partial charge in [0.25, 0.3) is 0 Å². The van der Waals surface area contributed by atoms with Crippen molar-refractivity contribution in [1.82, 2.24) is 4.98 Å². The molecule has 0 saturated heterocycles. The molecule has 0 aliphatic heterocycles. The Morgan fingerprint density at radius 3 is 2.86 bits per heavy atom. The zero-order valence-corrected chi connectivity index (χ0v) is 8.44. The van der Waals surface area contributed by atoms with E-state index < -0.39 is 0 Å². The third-order valence-corrected chi connectivity index (χ3v) is 1.63. The van der Waals surface area contributed by atoms with Gasteiger partial charge in [0.2, 0.25) is 0 Å². The number of aliphatic imine (C=N–C) groups is 1. The number of hydrogen-bond donors (Lipinski definition) is 1. The van der Waals surface area contributed by atoms with E-state index in [2.05, 4.69) is 9.98 Å². The summed E-state index contributed by atoms with van der Waals surface area (Å²) >= 11 is 0. The molecule has 0 aromatic carbocycles. The molecular formula is C11H14N2O. The Morgan fingerprint density at radius 2 is 2.29 bits per heavy atom. The van der Waals surface area contributed by atoms with Crippen LogP contribution in [0, 0.1) is 0 Å². The minimum atomic E-state index is 0.271. The lowest BCUT2D eigenvalue weighted by atomic mass is 10.3. The quantitative estimate of drug-likeness (QED) is 0.588. The molecule has 1 aromatic rings. The van der Waals surface area contributed by atoms with Gasteiger partial charge < -0.3 is 5.11 Å². The van der Waals surface area contributed by atoms with E-state index >= 15 is 0 Å². The van der Waals surface area contributed by atoms with Crippen LogP contribution < -0.4 is 0 Å². The topological polar surface area (TPSA) is 45.5 Å². The van der Waals surface area contributed by atoms with Gasteiger partial charge in [0.15, 0.2) is 0 Å². The van der Waals surface area contributed by atoms with E-state index in [1.165, 1.54) is 0 Å². The van der Waals surface area contributed by atoms with Crippen LogP contribution in [0.15, 0.2) is 41.2 Å². The van der Waals surface area contributed by atoms with Gasteiger partial charge in [-0.1, -0.05) is 6.07 Å². The largest absolute Gasteiger partial charge is 0.513 e. The first-order chi connectivity index (χ1) is 6.68. The fourth-order valence-corrected chi connectivity index (χ4v) is 1.05. The fourth-order valence-electron chi connectivity index (χ4n) is 1.05. The molecule has 0 fully saturated rings. The molecule has 3 heteroatoms. The SMILES string of the molecule is C/C(O)=C/C(C)=N/Cc1ccccn1. The summed E-state index contributed by atoms with van der Waals surface area (Å²) in [4.78, 5) is 8.39. The van der Waals surface area contributed by atoms with Gasteiger partial charge in [0, 0.05) is 11.9 Å². The Morgan fingerprint density at radius 1 is 1.50 bits per heavy atom. The Balaban J connectivity index is 2.60. The van der Waals surface area contributed by atoms with Gasteiger partial charge in [-0.3, -0.25) is 9.98 Å². The molecule has 0 saturated carbocycles. The minimum Gasteiger partial charge on any atom is -0.513 e. The van der Waals surface area contributed by atoms with Crippen LogP contribution in [-0.4, -0.2) is 15.8 Å². The smallest absolute Gasteiger partial charge is 0.0909 e. The van der Waals surface area contributed by atoms with Crippen molar-refractivity contribution < 1.29 is 5.11 Å². The van der Waals surface area contributed by atoms with Gasteiger partial charge in [-0.2, -0.15) is 0 Å². The standard InChI is InChI=1S/C11H14N2O/c1-9(7-10(2)14)13-8-11-5-3-4-6-12-11/h3-7,14H,8H2,1-2H3/b10-7-,13-9+. The molecule has 0 unspecified atom stereocenters. The van der Waals surface area contributed by atoms with Crippen molar-refractivity contribution in [3.8, 4) is 0 Å². The van der Waals surface area contributed by atoms with Crippen LogP contribution in [0.5, 0.6) is 0 Å². The van der Waals surface area contributed by atoms with Crippen molar-refractivity contribution in [2.45, 2.75) is 20.4 Å². The van der Waals surface area contributed by atoms with Crippen LogP contribution in [0.25, 0.3) is 0 Å². The number of rotatable bonds is 3. The highest BCUT2D eigenvalue weighted by Gasteiger charge is 1.91. The molecule has 0 aliphatic carbocycles. The van der Waals surface area contributed by atoms with E-state index in [0.717, 1.165) is 11.4 Å². The normalized spacial score (nSPS) is 13.0. The summed E-state index contributed by atoms with van der Waals surface area (Å²) in [5, 5.41) is 8.98. The van der Waals surface area contributed by atoms with Gasteiger partial charge in [-0.15, -0.1) is 0 Å². The minimum absolute atomic E-state index is 0.271. The van der Waals surface area contributed by atoms with Crippen LogP contribution in [0.2, 0.25) is 0 Å². The van der Waals surface area contributed by atoms with Crippen molar-refractivity contribution in [2.24, 2.45) is 4.99 Å². The van der Waals surface area contributed by atoms with E-state index in [1.54, 1.807) is 19.2 Å². The molecule has 1 rings (SSSR count). The number of hydrogen-bond acceptors (Lipinski definition) is 3. The highest BCUT2D eigenvalue weighted by atomic mass is 16.3. The monoisotopic (exact) mass is 190 g/mol. The van der Waals surface area contributed by atoms with Crippen molar-refractivity contribution in [2.75, 3.05) is 0 Å². The lowest BCUT2D eigenvalue weighted by Gasteiger charge is -1.96. The summed E-state index contributed by atoms with van der Waals surface area (Å²) in [6, 6.07) is 5.73. The molecule has 14 heavy (non-hydrogen) atoms. The number of aliphatic hydroxyl groups is 1. The maximum atomic E-state index is 8.98. The number of allylic oxidation sites excluding steroid dienone is 2. The van der Waals surface area contributed by atoms with Crippen molar-refractivity contribution >= 4 is 5.71 Å². The molecule has 1 aromatic heterocycles. The maximum absolute atomic E-state index is 8.98. The summed E-state index contributed by atoms with van der Waals surface area (Å²) in [6.07, 6.45) is 3.37. The van der Waals surface area contributed by atoms with Crippen molar-refractivity contribution in [1.29, 1.82) is 0 Å². The molecule has 0 amide bonds. The van der Waals surface area contributed by atoms with E-state index in [1.807, 2.05) is 25.1 Å². The summed E-state index contributed by atoms with van der Waals surface area (Å²) in [5.74, 6) is 0.271. The second-order valence-electron chi connectivity index (χ2n) is 3.06. The average Bonchev–Trinajstić information content (AvgIpc) is 2.15. The van der Waals surface area contributed by atoms with E-state index in [9.17, 15) is 0 Å². The second-order valence-corrected chi connectivity index (χ2v) is 3.06. The molecule has 0 spiro atoms. The van der Waals surface area contributed by atoms with E-state index in [4.69, 9.17) is 5.11 Å². The summed E-state index contributed by atoms with van der Waals surface area (Å²) in [6.45, 7) is 4.03. The number of aromatic nitrogens is 1. The Hall–Kier alpha value is -1.64. The lowest BCUT2D eigenvalue weighted by Crippen LogP contribution is -1.91. The summed E-state index contributed by atoms with van der Waals surface area (Å²) in [5.41, 5.74) is 1.73. The van der Waals surface area contributed by atoms with Gasteiger partial charge in [0.1, 0.15) is 0 Å². The molecule has 0 radical (unpaired) electrons. The van der Waals surface area contributed by atoms with Gasteiger partial charge in [-0.05, 0) is 32.1 Å². The average molecular weight is 190 g/mol. The van der Waals surface area contributed by atoms with Crippen molar-refractivity contribution in [3.63, 3.8) is 0 Å². The number of pyridine rings is 1. The van der Waals surface area contributed by atoms with Crippen LogP contribution in [0.3, 0.4) is 0 Å². The van der Waals surface area contributed by atoms with Crippen LogP contribution in [0.4, 0.5) is 0 Å². The first-order valence-corrected chi connectivity index (χ1v) is 4.46. The van der Waals surface area contributed by atoms with Gasteiger partial charge in [-0.25, -0.2) is 0 Å². The summed E-state index contributed by atoms with van der Waals surface area (Å²) < 4.78 is 0.